The number of hydrogen-bond acceptors (Lipinski definition) is 4. The smallest absolute Gasteiger partial charge is 0.0789 e. The van der Waals surface area contributed by atoms with Crippen LogP contribution in [0.5, 0.6) is 0 Å². The quantitative estimate of drug-likeness (QED) is 0.174. The average molecular weight is 680 g/mol. The first-order valence-electron chi connectivity index (χ1n) is 17.6. The van der Waals surface area contributed by atoms with Gasteiger partial charge in [-0.1, -0.05) is 103 Å². The Labute approximate surface area is 303 Å². The molecule has 52 heavy (non-hydrogen) atoms. The molecule has 3 nitrogen and oxygen atoms in total. The van der Waals surface area contributed by atoms with E-state index in [1.807, 2.05) is 23.6 Å². The minimum Gasteiger partial charge on any atom is -0.256 e. The molecule has 4 heterocycles. The summed E-state index contributed by atoms with van der Waals surface area (Å²) in [4.78, 5) is 15.3. The standard InChI is InChI=1S/C48H29N3S/c1-28-9-6-11-32-27-39(35-15-8-24-49-47(35)44(28)32)29-18-22-41-31(25-29)19-23-40(50-41)30-10-7-12-33(26-30)46-38-21-20-36-34-13-3-5-17-43(34)52-48(36)45(38)37-14-2-4-16-42(37)51-46/h2-27H,1H3. The van der Waals surface area contributed by atoms with Crippen LogP contribution in [-0.4, -0.2) is 15.0 Å². The highest BCUT2D eigenvalue weighted by molar-refractivity contribution is 7.26. The van der Waals surface area contributed by atoms with E-state index in [0.29, 0.717) is 0 Å². The van der Waals surface area contributed by atoms with Crippen LogP contribution in [0, 0.1) is 6.92 Å². The van der Waals surface area contributed by atoms with Gasteiger partial charge in [-0.15, -0.1) is 11.3 Å². The molecule has 0 saturated heterocycles. The molecule has 4 heteroatoms. The summed E-state index contributed by atoms with van der Waals surface area (Å²) in [5, 5.41) is 10.9. The van der Waals surface area contributed by atoms with Crippen molar-refractivity contribution >= 4 is 85.8 Å². The van der Waals surface area contributed by atoms with Gasteiger partial charge in [0.25, 0.3) is 0 Å². The molecule has 0 spiro atoms. The summed E-state index contributed by atoms with van der Waals surface area (Å²) in [6.45, 7) is 2.16. The summed E-state index contributed by atoms with van der Waals surface area (Å²) < 4.78 is 2.62. The Bertz CT molecular complexity index is 3270. The number of para-hydroxylation sites is 1. The largest absolute Gasteiger partial charge is 0.256 e. The molecule has 0 atom stereocenters. The van der Waals surface area contributed by atoms with Gasteiger partial charge in [0, 0.05) is 69.8 Å². The van der Waals surface area contributed by atoms with Crippen molar-refractivity contribution in [3.05, 3.63) is 163 Å². The molecule has 11 aromatic rings. The number of benzene rings is 7. The normalized spacial score (nSPS) is 11.9. The molecule has 0 bridgehead atoms. The van der Waals surface area contributed by atoms with Crippen molar-refractivity contribution in [2.75, 3.05) is 0 Å². The zero-order valence-electron chi connectivity index (χ0n) is 28.3. The van der Waals surface area contributed by atoms with E-state index in [1.165, 1.54) is 58.2 Å². The Hall–Kier alpha value is -6.49. The number of rotatable bonds is 3. The van der Waals surface area contributed by atoms with Crippen LogP contribution in [0.2, 0.25) is 0 Å². The Morgan fingerprint density at radius 2 is 1.31 bits per heavy atom. The van der Waals surface area contributed by atoms with E-state index in [-0.39, 0.29) is 0 Å². The van der Waals surface area contributed by atoms with Crippen LogP contribution in [0.15, 0.2) is 158 Å². The van der Waals surface area contributed by atoms with Gasteiger partial charge in [-0.3, -0.25) is 4.98 Å². The lowest BCUT2D eigenvalue weighted by Crippen LogP contribution is -1.92. The number of nitrogens with zero attached hydrogens (tertiary/aromatic N) is 3. The van der Waals surface area contributed by atoms with Crippen LogP contribution in [0.4, 0.5) is 0 Å². The molecule has 7 aromatic carbocycles. The summed E-state index contributed by atoms with van der Waals surface area (Å²) in [7, 11) is 0. The molecule has 0 aliphatic heterocycles. The first kappa shape index (κ1) is 29.3. The molecule has 0 amide bonds. The number of thiophene rings is 1. The van der Waals surface area contributed by atoms with E-state index in [1.54, 1.807) is 0 Å². The SMILES string of the molecule is Cc1cccc2cc(-c3ccc4nc(-c5cccc(-c6nc7ccccc7c7c6ccc6c8ccccc8sc67)c5)ccc4c3)c3cccnc3c12. The summed E-state index contributed by atoms with van der Waals surface area (Å²) >= 11 is 1.87. The number of pyridine rings is 3. The minimum absolute atomic E-state index is 0.940. The molecule has 4 aromatic heterocycles. The van der Waals surface area contributed by atoms with Crippen molar-refractivity contribution in [1.82, 2.24) is 15.0 Å². The first-order valence-corrected chi connectivity index (χ1v) is 18.4. The van der Waals surface area contributed by atoms with Crippen molar-refractivity contribution in [2.45, 2.75) is 6.92 Å². The van der Waals surface area contributed by atoms with Crippen molar-refractivity contribution < 1.29 is 0 Å². The van der Waals surface area contributed by atoms with Crippen LogP contribution >= 0.6 is 11.3 Å². The number of fused-ring (bicyclic) bond motifs is 11. The third kappa shape index (κ3) is 4.41. The number of aryl methyl sites for hydroxylation is 1. The van der Waals surface area contributed by atoms with Crippen molar-refractivity contribution in [2.24, 2.45) is 0 Å². The van der Waals surface area contributed by atoms with E-state index >= 15 is 0 Å². The van der Waals surface area contributed by atoms with Crippen LogP contribution in [-0.2, 0) is 0 Å². The molecule has 0 aliphatic rings. The summed E-state index contributed by atoms with van der Waals surface area (Å²) in [6.07, 6.45) is 1.89. The number of hydrogen-bond donors (Lipinski definition) is 0. The zero-order valence-corrected chi connectivity index (χ0v) is 29.1. The van der Waals surface area contributed by atoms with E-state index in [2.05, 4.69) is 153 Å². The van der Waals surface area contributed by atoms with E-state index < -0.39 is 0 Å². The maximum absolute atomic E-state index is 5.28. The molecule has 11 rings (SSSR count). The van der Waals surface area contributed by atoms with Crippen LogP contribution in [0.1, 0.15) is 5.56 Å². The molecular weight excluding hydrogens is 651 g/mol. The van der Waals surface area contributed by atoms with Crippen molar-refractivity contribution in [3.8, 4) is 33.6 Å². The maximum Gasteiger partial charge on any atom is 0.0789 e. The second-order valence-electron chi connectivity index (χ2n) is 13.6. The van der Waals surface area contributed by atoms with Crippen LogP contribution in [0.25, 0.3) is 108 Å². The molecule has 0 unspecified atom stereocenters. The molecule has 242 valence electrons. The van der Waals surface area contributed by atoms with Crippen molar-refractivity contribution in [3.63, 3.8) is 0 Å². The minimum atomic E-state index is 0.940. The van der Waals surface area contributed by atoms with Crippen molar-refractivity contribution in [1.29, 1.82) is 0 Å². The Morgan fingerprint density at radius 1 is 0.481 bits per heavy atom. The van der Waals surface area contributed by atoms with Gasteiger partial charge in [0.2, 0.25) is 0 Å². The fourth-order valence-corrected chi connectivity index (χ4v) is 9.41. The topological polar surface area (TPSA) is 38.7 Å². The van der Waals surface area contributed by atoms with E-state index in [0.717, 1.165) is 55.4 Å². The molecule has 0 radical (unpaired) electrons. The van der Waals surface area contributed by atoms with Gasteiger partial charge in [-0.25, -0.2) is 9.97 Å². The monoisotopic (exact) mass is 679 g/mol. The average Bonchev–Trinajstić information content (AvgIpc) is 3.59. The Kier molecular flexibility index (Phi) is 6.34. The number of aromatic nitrogens is 3. The van der Waals surface area contributed by atoms with Crippen LogP contribution in [0.3, 0.4) is 0 Å². The van der Waals surface area contributed by atoms with Gasteiger partial charge in [-0.05, 0) is 77.5 Å². The summed E-state index contributed by atoms with van der Waals surface area (Å²) in [6, 6.07) is 54.4. The highest BCUT2D eigenvalue weighted by Crippen LogP contribution is 2.44. The first-order chi connectivity index (χ1) is 25.7. The maximum atomic E-state index is 5.28. The highest BCUT2D eigenvalue weighted by Gasteiger charge is 2.17. The Morgan fingerprint density at radius 3 is 2.27 bits per heavy atom. The zero-order chi connectivity index (χ0) is 34.3. The molecule has 0 aliphatic carbocycles. The van der Waals surface area contributed by atoms with Gasteiger partial charge in [0.15, 0.2) is 0 Å². The lowest BCUT2D eigenvalue weighted by Gasteiger charge is -2.13. The fourth-order valence-electron chi connectivity index (χ4n) is 8.14. The predicted molar refractivity (Wildman–Crippen MR) is 221 cm³/mol. The molecule has 0 fully saturated rings. The Balaban J connectivity index is 1.03. The van der Waals surface area contributed by atoms with E-state index in [4.69, 9.17) is 15.0 Å². The highest BCUT2D eigenvalue weighted by atomic mass is 32.1. The second kappa shape index (κ2) is 11.3. The molecule has 0 N–H and O–H groups in total. The van der Waals surface area contributed by atoms with E-state index in [9.17, 15) is 0 Å². The van der Waals surface area contributed by atoms with Gasteiger partial charge in [0.1, 0.15) is 0 Å². The lowest BCUT2D eigenvalue weighted by molar-refractivity contribution is 1.39. The third-order valence-electron chi connectivity index (χ3n) is 10.6. The summed E-state index contributed by atoms with van der Waals surface area (Å²) in [5.74, 6) is 0. The third-order valence-corrected chi connectivity index (χ3v) is 11.8. The van der Waals surface area contributed by atoms with Gasteiger partial charge in [-0.2, -0.15) is 0 Å². The van der Waals surface area contributed by atoms with Crippen LogP contribution < -0.4 is 0 Å². The fraction of sp³-hybridized carbons (Fsp3) is 0.0208. The second-order valence-corrected chi connectivity index (χ2v) is 14.7. The van der Waals surface area contributed by atoms with Gasteiger partial charge < -0.3 is 0 Å². The summed E-state index contributed by atoms with van der Waals surface area (Å²) in [5.41, 5.74) is 10.7. The predicted octanol–water partition coefficient (Wildman–Crippen LogP) is 13.3. The molecular formula is C48H29N3S. The lowest BCUT2D eigenvalue weighted by atomic mass is 9.93. The van der Waals surface area contributed by atoms with Gasteiger partial charge in [0.05, 0.1) is 27.9 Å². The molecule has 0 saturated carbocycles. The van der Waals surface area contributed by atoms with Gasteiger partial charge >= 0.3 is 0 Å².